The molecule has 0 aliphatic carbocycles. The molecule has 144 valence electrons. The minimum Gasteiger partial charge on any atom is -0.267 e. The summed E-state index contributed by atoms with van der Waals surface area (Å²) in [5, 5.41) is 7.98. The van der Waals surface area contributed by atoms with E-state index in [9.17, 15) is 4.79 Å². The van der Waals surface area contributed by atoms with Gasteiger partial charge in [0.15, 0.2) is 0 Å². The molecule has 0 unspecified atom stereocenters. The number of pyridine rings is 2. The van der Waals surface area contributed by atoms with Crippen molar-refractivity contribution in [3.8, 4) is 11.8 Å². The van der Waals surface area contributed by atoms with E-state index in [0.29, 0.717) is 18.4 Å². The minimum absolute atomic E-state index is 0.120. The van der Waals surface area contributed by atoms with Gasteiger partial charge >= 0.3 is 0 Å². The third-order valence-corrected chi connectivity index (χ3v) is 5.74. The van der Waals surface area contributed by atoms with Crippen LogP contribution in [0.15, 0.2) is 77.3 Å². The summed E-state index contributed by atoms with van der Waals surface area (Å²) in [5.74, 6) is 6.19. The molecule has 5 nitrogen and oxygen atoms in total. The number of thiophene rings is 1. The standard InChI is InChI=1S/C24H16N4OS/c29-24-23-19(8-7-17-4-3-12-25-14-17)16-30-22(23)15-26-28(24)13-11-20-10-9-18-5-1-2-6-21(18)27-20/h1-6,9-10,12,14-16H,11,13H2. The monoisotopic (exact) mass is 408 g/mol. The maximum Gasteiger partial charge on any atom is 0.276 e. The van der Waals surface area contributed by atoms with Crippen LogP contribution in [0.25, 0.3) is 21.0 Å². The van der Waals surface area contributed by atoms with Crippen molar-refractivity contribution in [3.05, 3.63) is 99.7 Å². The zero-order valence-electron chi connectivity index (χ0n) is 15.9. The summed E-state index contributed by atoms with van der Waals surface area (Å²) in [6.45, 7) is 0.464. The number of hydrogen-bond donors (Lipinski definition) is 0. The van der Waals surface area contributed by atoms with Gasteiger partial charge in [-0.25, -0.2) is 4.68 Å². The molecular weight excluding hydrogens is 392 g/mol. The van der Waals surface area contributed by atoms with Crippen molar-refractivity contribution in [1.82, 2.24) is 19.7 Å². The Labute approximate surface area is 176 Å². The number of fused-ring (bicyclic) bond motifs is 2. The molecular formula is C24H16N4OS. The molecule has 5 rings (SSSR count). The second-order valence-corrected chi connectivity index (χ2v) is 7.71. The Hall–Kier alpha value is -3.82. The topological polar surface area (TPSA) is 60.7 Å². The Bertz CT molecular complexity index is 1480. The maximum atomic E-state index is 13.1. The van der Waals surface area contributed by atoms with Crippen LogP contribution in [0, 0.1) is 11.8 Å². The van der Waals surface area contributed by atoms with Crippen LogP contribution in [-0.2, 0) is 13.0 Å². The third-order valence-electron chi connectivity index (χ3n) is 4.82. The van der Waals surface area contributed by atoms with Gasteiger partial charge in [-0.05, 0) is 24.3 Å². The number of rotatable bonds is 3. The van der Waals surface area contributed by atoms with E-state index in [1.807, 2.05) is 47.8 Å². The lowest BCUT2D eigenvalue weighted by atomic mass is 10.2. The highest BCUT2D eigenvalue weighted by Crippen LogP contribution is 2.21. The molecule has 4 heterocycles. The average molecular weight is 408 g/mol. The van der Waals surface area contributed by atoms with E-state index in [1.165, 1.54) is 16.0 Å². The molecule has 5 aromatic rings. The molecule has 0 bridgehead atoms. The lowest BCUT2D eigenvalue weighted by molar-refractivity contribution is 0.580. The molecule has 0 spiro atoms. The van der Waals surface area contributed by atoms with Gasteiger partial charge in [0, 0.05) is 46.4 Å². The number of aromatic nitrogens is 4. The zero-order valence-corrected chi connectivity index (χ0v) is 16.8. The van der Waals surface area contributed by atoms with E-state index in [2.05, 4.69) is 33.0 Å². The average Bonchev–Trinajstić information content (AvgIpc) is 3.22. The third kappa shape index (κ3) is 3.59. The van der Waals surface area contributed by atoms with Gasteiger partial charge in [-0.1, -0.05) is 36.1 Å². The first-order valence-electron chi connectivity index (χ1n) is 9.52. The fourth-order valence-electron chi connectivity index (χ4n) is 3.29. The summed E-state index contributed by atoms with van der Waals surface area (Å²) in [6, 6.07) is 15.8. The summed E-state index contributed by atoms with van der Waals surface area (Å²) in [5.41, 5.74) is 3.31. The molecule has 30 heavy (non-hydrogen) atoms. The molecule has 0 amide bonds. The zero-order chi connectivity index (χ0) is 20.3. The molecule has 0 N–H and O–H groups in total. The normalized spacial score (nSPS) is 10.8. The molecule has 6 heteroatoms. The van der Waals surface area contributed by atoms with E-state index < -0.39 is 0 Å². The van der Waals surface area contributed by atoms with Crippen molar-refractivity contribution < 1.29 is 0 Å². The number of hydrogen-bond acceptors (Lipinski definition) is 5. The van der Waals surface area contributed by atoms with Crippen LogP contribution >= 0.6 is 11.3 Å². The summed E-state index contributed by atoms with van der Waals surface area (Å²) >= 11 is 1.48. The second kappa shape index (κ2) is 7.90. The number of benzene rings is 1. The van der Waals surface area contributed by atoms with Gasteiger partial charge in [0.25, 0.3) is 5.56 Å². The van der Waals surface area contributed by atoms with Crippen LogP contribution in [0.5, 0.6) is 0 Å². The van der Waals surface area contributed by atoms with Gasteiger partial charge in [0.2, 0.25) is 0 Å². The van der Waals surface area contributed by atoms with Gasteiger partial charge in [0.1, 0.15) is 0 Å². The summed E-state index contributed by atoms with van der Waals surface area (Å²) in [7, 11) is 0. The van der Waals surface area contributed by atoms with Crippen LogP contribution in [0.4, 0.5) is 0 Å². The van der Waals surface area contributed by atoms with Crippen molar-refractivity contribution in [1.29, 1.82) is 0 Å². The highest BCUT2D eigenvalue weighted by atomic mass is 32.1. The minimum atomic E-state index is -0.120. The van der Waals surface area contributed by atoms with Crippen molar-refractivity contribution in [2.45, 2.75) is 13.0 Å². The van der Waals surface area contributed by atoms with E-state index in [1.54, 1.807) is 18.6 Å². The van der Waals surface area contributed by atoms with Crippen molar-refractivity contribution >= 4 is 32.3 Å². The number of aryl methyl sites for hydroxylation is 2. The Morgan fingerprint density at radius 3 is 2.83 bits per heavy atom. The first-order valence-corrected chi connectivity index (χ1v) is 10.4. The molecule has 0 saturated carbocycles. The highest BCUT2D eigenvalue weighted by Gasteiger charge is 2.10. The van der Waals surface area contributed by atoms with E-state index in [4.69, 9.17) is 0 Å². The van der Waals surface area contributed by atoms with Crippen molar-refractivity contribution in [2.24, 2.45) is 0 Å². The first-order chi connectivity index (χ1) is 14.8. The van der Waals surface area contributed by atoms with Crippen LogP contribution in [-0.4, -0.2) is 19.7 Å². The largest absolute Gasteiger partial charge is 0.276 e. The van der Waals surface area contributed by atoms with E-state index in [0.717, 1.165) is 32.4 Å². The summed E-state index contributed by atoms with van der Waals surface area (Å²) < 4.78 is 2.34. The lowest BCUT2D eigenvalue weighted by Crippen LogP contribution is -2.23. The van der Waals surface area contributed by atoms with Crippen LogP contribution in [0.2, 0.25) is 0 Å². The van der Waals surface area contributed by atoms with Gasteiger partial charge in [-0.2, -0.15) is 5.10 Å². The molecule has 4 aromatic heterocycles. The van der Waals surface area contributed by atoms with Gasteiger partial charge < -0.3 is 0 Å². The number of nitrogens with zero attached hydrogens (tertiary/aromatic N) is 4. The fraction of sp³-hybridized carbons (Fsp3) is 0.0833. The van der Waals surface area contributed by atoms with E-state index >= 15 is 0 Å². The summed E-state index contributed by atoms with van der Waals surface area (Å²) in [6.07, 6.45) is 5.78. The molecule has 0 aliphatic heterocycles. The highest BCUT2D eigenvalue weighted by molar-refractivity contribution is 7.17. The Balaban J connectivity index is 1.44. The smallest absolute Gasteiger partial charge is 0.267 e. The summed E-state index contributed by atoms with van der Waals surface area (Å²) in [4.78, 5) is 21.8. The second-order valence-electron chi connectivity index (χ2n) is 6.80. The van der Waals surface area contributed by atoms with Crippen molar-refractivity contribution in [3.63, 3.8) is 0 Å². The molecule has 0 aliphatic rings. The van der Waals surface area contributed by atoms with Crippen molar-refractivity contribution in [2.75, 3.05) is 0 Å². The van der Waals surface area contributed by atoms with E-state index in [-0.39, 0.29) is 5.56 Å². The molecule has 0 radical (unpaired) electrons. The Kier molecular flexibility index (Phi) is 4.80. The Morgan fingerprint density at radius 1 is 1.00 bits per heavy atom. The quantitative estimate of drug-likeness (QED) is 0.423. The maximum absolute atomic E-state index is 13.1. The predicted octanol–water partition coefficient (Wildman–Crippen LogP) is 4.04. The SMILES string of the molecule is O=c1c2c(C#Cc3cccnc3)csc2cnn1CCc1ccc2ccccc2n1. The van der Waals surface area contributed by atoms with Gasteiger partial charge in [-0.15, -0.1) is 11.3 Å². The van der Waals surface area contributed by atoms with Gasteiger partial charge in [-0.3, -0.25) is 14.8 Å². The molecule has 0 saturated heterocycles. The lowest BCUT2D eigenvalue weighted by Gasteiger charge is -2.06. The first kappa shape index (κ1) is 18.2. The Morgan fingerprint density at radius 2 is 1.93 bits per heavy atom. The van der Waals surface area contributed by atoms with Crippen LogP contribution in [0.3, 0.4) is 0 Å². The predicted molar refractivity (Wildman–Crippen MR) is 120 cm³/mol. The fourth-order valence-corrected chi connectivity index (χ4v) is 4.13. The molecule has 0 fully saturated rings. The molecule has 1 aromatic carbocycles. The van der Waals surface area contributed by atoms with Gasteiger partial charge in [0.05, 0.1) is 28.3 Å². The van der Waals surface area contributed by atoms with Crippen LogP contribution in [0.1, 0.15) is 16.8 Å². The van der Waals surface area contributed by atoms with Crippen LogP contribution < -0.4 is 5.56 Å². The molecule has 0 atom stereocenters. The number of para-hydroxylation sites is 1.